The van der Waals surface area contributed by atoms with E-state index in [0.29, 0.717) is 23.6 Å². The normalized spacial score (nSPS) is 10.7. The molecule has 23 heavy (non-hydrogen) atoms. The average molecular weight is 308 g/mol. The van der Waals surface area contributed by atoms with Crippen LogP contribution in [0, 0.1) is 0 Å². The van der Waals surface area contributed by atoms with Gasteiger partial charge >= 0.3 is 5.97 Å². The summed E-state index contributed by atoms with van der Waals surface area (Å²) in [7, 11) is 0. The van der Waals surface area contributed by atoms with Gasteiger partial charge in [-0.25, -0.2) is 9.78 Å². The molecule has 6 heteroatoms. The van der Waals surface area contributed by atoms with Gasteiger partial charge in [-0.15, -0.1) is 0 Å². The van der Waals surface area contributed by atoms with Crippen LogP contribution in [-0.4, -0.2) is 27.1 Å². The Hall–Kier alpha value is -3.15. The van der Waals surface area contributed by atoms with Gasteiger partial charge in [-0.05, 0) is 31.2 Å². The molecule has 6 nitrogen and oxygen atoms in total. The molecular weight excluding hydrogens is 292 g/mol. The van der Waals surface area contributed by atoms with E-state index in [2.05, 4.69) is 16.5 Å². The smallest absolute Gasteiger partial charge is 0.339 e. The minimum absolute atomic E-state index is 0.336. The molecule has 0 radical (unpaired) electrons. The predicted octanol–water partition coefficient (Wildman–Crippen LogP) is 2.53. The zero-order valence-corrected chi connectivity index (χ0v) is 12.7. The van der Waals surface area contributed by atoms with Crippen LogP contribution in [0.4, 0.5) is 0 Å². The SMILES string of the molecule is C=C(N)c1ccc(-n2ccc3cc(C(=O)OCC)cnc32)cn1. The Morgan fingerprint density at radius 2 is 2.13 bits per heavy atom. The van der Waals surface area contributed by atoms with Gasteiger partial charge in [0.2, 0.25) is 0 Å². The molecular formula is C17H16N4O2. The summed E-state index contributed by atoms with van der Waals surface area (Å²) in [6.45, 7) is 5.77. The van der Waals surface area contributed by atoms with Gasteiger partial charge in [0.15, 0.2) is 0 Å². The fraction of sp³-hybridized carbons (Fsp3) is 0.118. The van der Waals surface area contributed by atoms with Gasteiger partial charge in [0.25, 0.3) is 0 Å². The maximum absolute atomic E-state index is 11.8. The van der Waals surface area contributed by atoms with Crippen LogP contribution >= 0.6 is 0 Å². The minimum atomic E-state index is -0.373. The molecule has 0 saturated carbocycles. The Labute approximate surface area is 133 Å². The van der Waals surface area contributed by atoms with Crippen LogP contribution in [0.1, 0.15) is 23.0 Å². The summed E-state index contributed by atoms with van der Waals surface area (Å²) in [5.41, 5.74) is 8.71. The molecule has 0 fully saturated rings. The minimum Gasteiger partial charge on any atom is -0.462 e. The Bertz CT molecular complexity index is 881. The van der Waals surface area contributed by atoms with Gasteiger partial charge in [0, 0.05) is 17.8 Å². The third kappa shape index (κ3) is 2.78. The third-order valence-electron chi connectivity index (χ3n) is 3.39. The number of ether oxygens (including phenoxy) is 1. The van der Waals surface area contributed by atoms with Crippen molar-refractivity contribution in [3.05, 3.63) is 60.7 Å². The van der Waals surface area contributed by atoms with E-state index < -0.39 is 0 Å². The maximum Gasteiger partial charge on any atom is 0.339 e. The Balaban J connectivity index is 1.99. The monoisotopic (exact) mass is 308 g/mol. The zero-order chi connectivity index (χ0) is 16.4. The molecule has 3 rings (SSSR count). The van der Waals surface area contributed by atoms with E-state index in [0.717, 1.165) is 16.7 Å². The van der Waals surface area contributed by atoms with E-state index >= 15 is 0 Å². The number of esters is 1. The molecule has 3 heterocycles. The van der Waals surface area contributed by atoms with Crippen molar-refractivity contribution in [3.63, 3.8) is 0 Å². The van der Waals surface area contributed by atoms with Gasteiger partial charge < -0.3 is 10.5 Å². The number of rotatable bonds is 4. The van der Waals surface area contributed by atoms with Crippen LogP contribution in [-0.2, 0) is 4.74 Å². The molecule has 0 aliphatic heterocycles. The van der Waals surface area contributed by atoms with E-state index in [-0.39, 0.29) is 5.97 Å². The lowest BCUT2D eigenvalue weighted by Gasteiger charge is -2.06. The Morgan fingerprint density at radius 1 is 1.30 bits per heavy atom. The lowest BCUT2D eigenvalue weighted by atomic mass is 10.2. The molecule has 0 spiro atoms. The Morgan fingerprint density at radius 3 is 2.78 bits per heavy atom. The standard InChI is InChI=1S/C17H16N4O2/c1-3-23-17(22)13-8-12-6-7-21(16(12)20-9-13)14-4-5-15(11(2)18)19-10-14/h4-10H,2-3,18H2,1H3. The summed E-state index contributed by atoms with van der Waals surface area (Å²) in [5, 5.41) is 0.850. The number of hydrogen-bond acceptors (Lipinski definition) is 5. The summed E-state index contributed by atoms with van der Waals surface area (Å²) in [4.78, 5) is 20.4. The van der Waals surface area contributed by atoms with Crippen molar-refractivity contribution in [1.82, 2.24) is 14.5 Å². The molecule has 0 bridgehead atoms. The number of pyridine rings is 2. The third-order valence-corrected chi connectivity index (χ3v) is 3.39. The molecule has 0 atom stereocenters. The molecule has 116 valence electrons. The molecule has 3 aromatic heterocycles. The fourth-order valence-electron chi connectivity index (χ4n) is 2.28. The van der Waals surface area contributed by atoms with Gasteiger partial charge in [-0.3, -0.25) is 9.55 Å². The van der Waals surface area contributed by atoms with Gasteiger partial charge in [-0.2, -0.15) is 0 Å². The number of fused-ring (bicyclic) bond motifs is 1. The number of aromatic nitrogens is 3. The summed E-state index contributed by atoms with van der Waals surface area (Å²) in [6, 6.07) is 7.35. The first-order valence-corrected chi connectivity index (χ1v) is 7.15. The lowest BCUT2D eigenvalue weighted by molar-refractivity contribution is 0.0526. The van der Waals surface area contributed by atoms with Gasteiger partial charge in [0.05, 0.1) is 35.4 Å². The van der Waals surface area contributed by atoms with Crippen molar-refractivity contribution in [1.29, 1.82) is 0 Å². The highest BCUT2D eigenvalue weighted by Crippen LogP contribution is 2.20. The molecule has 2 N–H and O–H groups in total. The molecule has 3 aromatic rings. The number of nitrogens with two attached hydrogens (primary N) is 1. The largest absolute Gasteiger partial charge is 0.462 e. The number of nitrogens with zero attached hydrogens (tertiary/aromatic N) is 3. The van der Waals surface area contributed by atoms with Crippen LogP contribution in [0.25, 0.3) is 22.4 Å². The van der Waals surface area contributed by atoms with E-state index in [1.165, 1.54) is 6.20 Å². The first-order valence-electron chi connectivity index (χ1n) is 7.15. The van der Waals surface area contributed by atoms with Crippen molar-refractivity contribution in [2.45, 2.75) is 6.92 Å². The van der Waals surface area contributed by atoms with Gasteiger partial charge in [0.1, 0.15) is 5.65 Å². The highest BCUT2D eigenvalue weighted by atomic mass is 16.5. The van der Waals surface area contributed by atoms with E-state index in [1.54, 1.807) is 25.3 Å². The van der Waals surface area contributed by atoms with Gasteiger partial charge in [-0.1, -0.05) is 6.58 Å². The second kappa shape index (κ2) is 5.92. The average Bonchev–Trinajstić information content (AvgIpc) is 2.98. The van der Waals surface area contributed by atoms with Crippen molar-refractivity contribution in [3.8, 4) is 5.69 Å². The second-order valence-electron chi connectivity index (χ2n) is 4.97. The maximum atomic E-state index is 11.8. The molecule has 0 amide bonds. The van der Waals surface area contributed by atoms with Crippen molar-refractivity contribution in [2.75, 3.05) is 6.61 Å². The van der Waals surface area contributed by atoms with Crippen molar-refractivity contribution >= 4 is 22.7 Å². The van der Waals surface area contributed by atoms with Crippen LogP contribution < -0.4 is 5.73 Å². The topological polar surface area (TPSA) is 83.0 Å². The lowest BCUT2D eigenvalue weighted by Crippen LogP contribution is -2.05. The van der Waals surface area contributed by atoms with Crippen LogP contribution in [0.3, 0.4) is 0 Å². The summed E-state index contributed by atoms with van der Waals surface area (Å²) in [6.07, 6.45) is 5.09. The summed E-state index contributed by atoms with van der Waals surface area (Å²) in [5.74, 6) is -0.373. The number of hydrogen-bond donors (Lipinski definition) is 1. The first kappa shape index (κ1) is 14.8. The van der Waals surface area contributed by atoms with E-state index in [1.807, 2.05) is 22.9 Å². The first-order chi connectivity index (χ1) is 11.1. The van der Waals surface area contributed by atoms with E-state index in [4.69, 9.17) is 10.5 Å². The number of carbonyl (C=O) groups is 1. The molecule has 0 saturated heterocycles. The quantitative estimate of drug-likeness (QED) is 0.749. The molecule has 0 unspecified atom stereocenters. The predicted molar refractivity (Wildman–Crippen MR) is 88.0 cm³/mol. The molecule has 0 aliphatic rings. The molecule has 0 aromatic carbocycles. The highest BCUT2D eigenvalue weighted by molar-refractivity contribution is 5.93. The highest BCUT2D eigenvalue weighted by Gasteiger charge is 2.11. The number of carbonyl (C=O) groups excluding carboxylic acids is 1. The van der Waals surface area contributed by atoms with Crippen LogP contribution in [0.5, 0.6) is 0 Å². The Kier molecular flexibility index (Phi) is 3.80. The van der Waals surface area contributed by atoms with Crippen LogP contribution in [0.15, 0.2) is 49.4 Å². The second-order valence-corrected chi connectivity index (χ2v) is 4.97. The zero-order valence-electron chi connectivity index (χ0n) is 12.7. The molecule has 0 aliphatic carbocycles. The summed E-state index contributed by atoms with van der Waals surface area (Å²) >= 11 is 0. The fourth-order valence-corrected chi connectivity index (χ4v) is 2.28. The van der Waals surface area contributed by atoms with E-state index in [9.17, 15) is 4.79 Å². The van der Waals surface area contributed by atoms with Crippen molar-refractivity contribution in [2.24, 2.45) is 5.73 Å². The van der Waals surface area contributed by atoms with Crippen molar-refractivity contribution < 1.29 is 9.53 Å². The summed E-state index contributed by atoms with van der Waals surface area (Å²) < 4.78 is 6.88. The van der Waals surface area contributed by atoms with Crippen LogP contribution in [0.2, 0.25) is 0 Å².